The number of amides is 2. The van der Waals surface area contributed by atoms with E-state index in [4.69, 9.17) is 0 Å². The predicted octanol–water partition coefficient (Wildman–Crippen LogP) is 3.86. The van der Waals surface area contributed by atoms with Gasteiger partial charge < -0.3 is 15.0 Å². The van der Waals surface area contributed by atoms with Crippen LogP contribution >= 0.6 is 0 Å². The topological polar surface area (TPSA) is 100 Å². The number of piperidine rings is 1. The minimum atomic E-state index is -4.78. The van der Waals surface area contributed by atoms with E-state index in [0.717, 1.165) is 17.7 Å². The number of aromatic amines is 1. The molecule has 2 N–H and O–H groups in total. The summed E-state index contributed by atoms with van der Waals surface area (Å²) in [5.41, 5.74) is 2.10. The SMILES string of the molecule is O=C(Nc1ccc(OC(F)(F)F)cc1)[C@H]1CCCN(C(=O)c2cc(-c3ccncc3)n[nH]2)C1. The first-order valence-electron chi connectivity index (χ1n) is 10.2. The van der Waals surface area contributed by atoms with Gasteiger partial charge in [-0.2, -0.15) is 5.10 Å². The molecule has 1 atom stereocenters. The summed E-state index contributed by atoms with van der Waals surface area (Å²) in [5, 5.41) is 9.62. The number of nitrogens with one attached hydrogen (secondary N) is 2. The maximum absolute atomic E-state index is 12.9. The third-order valence-electron chi connectivity index (χ3n) is 5.22. The summed E-state index contributed by atoms with van der Waals surface area (Å²) in [5.74, 6) is -1.38. The van der Waals surface area contributed by atoms with E-state index in [1.807, 2.05) is 0 Å². The quantitative estimate of drug-likeness (QED) is 0.604. The third kappa shape index (κ3) is 5.68. The van der Waals surface area contributed by atoms with Gasteiger partial charge in [-0.25, -0.2) is 0 Å². The van der Waals surface area contributed by atoms with Crippen LogP contribution < -0.4 is 10.1 Å². The lowest BCUT2D eigenvalue weighted by Crippen LogP contribution is -2.43. The van der Waals surface area contributed by atoms with Crippen molar-refractivity contribution in [3.8, 4) is 17.0 Å². The van der Waals surface area contributed by atoms with Crippen LogP contribution in [0.4, 0.5) is 18.9 Å². The van der Waals surface area contributed by atoms with Crippen LogP contribution in [0.3, 0.4) is 0 Å². The van der Waals surface area contributed by atoms with Gasteiger partial charge in [0.05, 0.1) is 11.6 Å². The summed E-state index contributed by atoms with van der Waals surface area (Å²) in [6.07, 6.45) is -0.271. The molecule has 0 radical (unpaired) electrons. The lowest BCUT2D eigenvalue weighted by molar-refractivity contribution is -0.274. The Balaban J connectivity index is 1.36. The number of rotatable bonds is 5. The number of nitrogens with zero attached hydrogens (tertiary/aromatic N) is 3. The number of benzene rings is 1. The first-order valence-corrected chi connectivity index (χ1v) is 10.2. The molecule has 3 aromatic rings. The minimum absolute atomic E-state index is 0.226. The molecule has 172 valence electrons. The van der Waals surface area contributed by atoms with Crippen LogP contribution in [0.25, 0.3) is 11.3 Å². The molecule has 1 aliphatic rings. The Labute approximate surface area is 186 Å². The predicted molar refractivity (Wildman–Crippen MR) is 112 cm³/mol. The van der Waals surface area contributed by atoms with Crippen LogP contribution in [0.1, 0.15) is 23.3 Å². The number of H-pyrrole nitrogens is 1. The molecule has 4 rings (SSSR count). The summed E-state index contributed by atoms with van der Waals surface area (Å²) in [6, 6.07) is 10.1. The van der Waals surface area contributed by atoms with Crippen molar-refractivity contribution in [1.29, 1.82) is 0 Å². The van der Waals surface area contributed by atoms with Crippen molar-refractivity contribution < 1.29 is 27.5 Å². The molecule has 0 aliphatic carbocycles. The zero-order chi connectivity index (χ0) is 23.4. The van der Waals surface area contributed by atoms with Crippen molar-refractivity contribution in [2.45, 2.75) is 19.2 Å². The number of ether oxygens (including phenoxy) is 1. The second-order valence-corrected chi connectivity index (χ2v) is 7.55. The van der Waals surface area contributed by atoms with Crippen molar-refractivity contribution in [2.75, 3.05) is 18.4 Å². The summed E-state index contributed by atoms with van der Waals surface area (Å²) in [6.45, 7) is 0.735. The Hall–Kier alpha value is -3.89. The molecule has 1 fully saturated rings. The third-order valence-corrected chi connectivity index (χ3v) is 5.22. The Morgan fingerprint density at radius 3 is 2.55 bits per heavy atom. The van der Waals surface area contributed by atoms with E-state index in [2.05, 4.69) is 25.2 Å². The van der Waals surface area contributed by atoms with E-state index < -0.39 is 12.3 Å². The Kier molecular flexibility index (Phi) is 6.29. The molecule has 8 nitrogen and oxygen atoms in total. The van der Waals surface area contributed by atoms with E-state index in [1.54, 1.807) is 35.5 Å². The number of halogens is 3. The highest BCUT2D eigenvalue weighted by Gasteiger charge is 2.31. The number of hydrogen-bond donors (Lipinski definition) is 2. The number of aromatic nitrogens is 3. The highest BCUT2D eigenvalue weighted by atomic mass is 19.4. The summed E-state index contributed by atoms with van der Waals surface area (Å²) in [7, 11) is 0. The lowest BCUT2D eigenvalue weighted by atomic mass is 9.96. The van der Waals surface area contributed by atoms with E-state index in [9.17, 15) is 22.8 Å². The molecular weight excluding hydrogens is 439 g/mol. The number of likely N-dealkylation sites (tertiary alicyclic amines) is 1. The molecule has 0 saturated carbocycles. The maximum atomic E-state index is 12.9. The number of carbonyl (C=O) groups excluding carboxylic acids is 2. The molecule has 3 heterocycles. The first-order chi connectivity index (χ1) is 15.8. The van der Waals surface area contributed by atoms with E-state index in [-0.39, 0.29) is 24.1 Å². The van der Waals surface area contributed by atoms with Crippen molar-refractivity contribution >= 4 is 17.5 Å². The molecule has 0 unspecified atom stereocenters. The Morgan fingerprint density at radius 2 is 1.85 bits per heavy atom. The van der Waals surface area contributed by atoms with Crippen LogP contribution in [0.15, 0.2) is 54.9 Å². The second-order valence-electron chi connectivity index (χ2n) is 7.55. The minimum Gasteiger partial charge on any atom is -0.406 e. The molecular formula is C22H20F3N5O3. The molecule has 2 aromatic heterocycles. The lowest BCUT2D eigenvalue weighted by Gasteiger charge is -2.31. The van der Waals surface area contributed by atoms with Gasteiger partial charge in [0.2, 0.25) is 5.91 Å². The molecule has 1 saturated heterocycles. The average Bonchev–Trinajstić information content (AvgIpc) is 3.30. The smallest absolute Gasteiger partial charge is 0.406 e. The van der Waals surface area contributed by atoms with Crippen LogP contribution in [-0.2, 0) is 4.79 Å². The van der Waals surface area contributed by atoms with Gasteiger partial charge in [-0.15, -0.1) is 13.2 Å². The molecule has 11 heteroatoms. The number of anilines is 1. The Bertz CT molecular complexity index is 1120. The average molecular weight is 459 g/mol. The highest BCUT2D eigenvalue weighted by Crippen LogP contribution is 2.25. The van der Waals surface area contributed by atoms with Crippen LogP contribution in [-0.4, -0.2) is 51.3 Å². The monoisotopic (exact) mass is 459 g/mol. The van der Waals surface area contributed by atoms with Crippen LogP contribution in [0.5, 0.6) is 5.75 Å². The number of pyridine rings is 1. The van der Waals surface area contributed by atoms with Crippen molar-refractivity contribution in [1.82, 2.24) is 20.1 Å². The van der Waals surface area contributed by atoms with Crippen LogP contribution in [0.2, 0.25) is 0 Å². The van der Waals surface area contributed by atoms with Gasteiger partial charge >= 0.3 is 6.36 Å². The van der Waals surface area contributed by atoms with Gasteiger partial charge in [0.25, 0.3) is 5.91 Å². The fourth-order valence-electron chi connectivity index (χ4n) is 3.63. The van der Waals surface area contributed by atoms with E-state index in [0.29, 0.717) is 36.5 Å². The van der Waals surface area contributed by atoms with Gasteiger partial charge in [0, 0.05) is 36.7 Å². The number of hydrogen-bond acceptors (Lipinski definition) is 5. The number of alkyl halides is 3. The maximum Gasteiger partial charge on any atom is 0.573 e. The first kappa shape index (κ1) is 22.3. The van der Waals surface area contributed by atoms with Gasteiger partial charge in [-0.3, -0.25) is 19.7 Å². The zero-order valence-electron chi connectivity index (χ0n) is 17.3. The molecule has 0 bridgehead atoms. The number of carbonyl (C=O) groups is 2. The summed E-state index contributed by atoms with van der Waals surface area (Å²) < 4.78 is 40.6. The fraction of sp³-hybridized carbons (Fsp3) is 0.273. The molecule has 2 amide bonds. The van der Waals surface area contributed by atoms with Gasteiger partial charge in [-0.1, -0.05) is 0 Å². The standard InChI is InChI=1S/C22H20F3N5O3/c23-22(24,25)33-17-5-3-16(4-6-17)27-20(31)15-2-1-11-30(13-15)21(32)19-12-18(28-29-19)14-7-9-26-10-8-14/h3-10,12,15H,1-2,11,13H2,(H,27,31)(H,28,29)/t15-/m0/s1. The van der Waals surface area contributed by atoms with Gasteiger partial charge in [0.15, 0.2) is 0 Å². The van der Waals surface area contributed by atoms with Crippen molar-refractivity contribution in [2.24, 2.45) is 5.92 Å². The van der Waals surface area contributed by atoms with E-state index >= 15 is 0 Å². The Morgan fingerprint density at radius 1 is 1.12 bits per heavy atom. The van der Waals surface area contributed by atoms with E-state index in [1.165, 1.54) is 12.1 Å². The highest BCUT2D eigenvalue weighted by molar-refractivity contribution is 5.95. The summed E-state index contributed by atoms with van der Waals surface area (Å²) >= 11 is 0. The molecule has 1 aliphatic heterocycles. The van der Waals surface area contributed by atoms with Crippen molar-refractivity contribution in [3.05, 3.63) is 60.6 Å². The van der Waals surface area contributed by atoms with Gasteiger partial charge in [0.1, 0.15) is 11.4 Å². The fourth-order valence-corrected chi connectivity index (χ4v) is 3.63. The summed E-state index contributed by atoms with van der Waals surface area (Å²) in [4.78, 5) is 31.2. The van der Waals surface area contributed by atoms with Crippen LogP contribution in [0, 0.1) is 5.92 Å². The second kappa shape index (κ2) is 9.31. The van der Waals surface area contributed by atoms with Gasteiger partial charge in [-0.05, 0) is 55.3 Å². The normalized spacial score (nSPS) is 16.3. The van der Waals surface area contributed by atoms with Crippen molar-refractivity contribution in [3.63, 3.8) is 0 Å². The zero-order valence-corrected chi connectivity index (χ0v) is 17.3. The largest absolute Gasteiger partial charge is 0.573 e. The molecule has 1 aromatic carbocycles. The molecule has 33 heavy (non-hydrogen) atoms. The molecule has 0 spiro atoms.